The second kappa shape index (κ2) is 4.83. The molecule has 3 heteroatoms. The summed E-state index contributed by atoms with van der Waals surface area (Å²) in [5.74, 6) is 0.887. The third-order valence-corrected chi connectivity index (χ3v) is 7.14. The van der Waals surface area contributed by atoms with Crippen LogP contribution < -0.4 is 0 Å². The molecule has 2 nitrogen and oxygen atoms in total. The number of carbonyl (C=O) groups is 1. The molecule has 0 radical (unpaired) electrons. The van der Waals surface area contributed by atoms with Crippen LogP contribution in [0.3, 0.4) is 0 Å². The average Bonchev–Trinajstić information content (AvgIpc) is 3.19. The number of rotatable bonds is 1. The highest BCUT2D eigenvalue weighted by atomic mass is 35.5. The zero-order valence-corrected chi connectivity index (χ0v) is 14.6. The molecule has 1 saturated carbocycles. The van der Waals surface area contributed by atoms with Gasteiger partial charge in [-0.2, -0.15) is 0 Å². The van der Waals surface area contributed by atoms with Crippen LogP contribution in [0, 0.1) is 17.3 Å². The van der Waals surface area contributed by atoms with Crippen molar-refractivity contribution in [2.45, 2.75) is 44.3 Å². The predicted octanol–water partition coefficient (Wildman–Crippen LogP) is 4.83. The summed E-state index contributed by atoms with van der Waals surface area (Å²) in [4.78, 5) is 13.1. The number of Topliss-reactive ketones (excluding diaryl/α,β-unsaturated/α-hetero) is 1. The SMILES string of the molecule is C[C@]12CCCC[C@@]13O[C@@H](C2=O)[C@@H]1/C(=C/c2ccc(Cl)cc2)C=C[C@@H]13. The van der Waals surface area contributed by atoms with E-state index < -0.39 is 0 Å². The van der Waals surface area contributed by atoms with Crippen LogP contribution in [-0.4, -0.2) is 17.5 Å². The average molecular weight is 341 g/mol. The zero-order valence-electron chi connectivity index (χ0n) is 13.8. The van der Waals surface area contributed by atoms with Gasteiger partial charge >= 0.3 is 0 Å². The smallest absolute Gasteiger partial charge is 0.170 e. The lowest BCUT2D eigenvalue weighted by Gasteiger charge is -2.48. The van der Waals surface area contributed by atoms with Gasteiger partial charge in [-0.1, -0.05) is 54.8 Å². The molecule has 2 saturated heterocycles. The van der Waals surface area contributed by atoms with E-state index in [9.17, 15) is 4.79 Å². The fourth-order valence-electron chi connectivity index (χ4n) is 5.68. The van der Waals surface area contributed by atoms with Gasteiger partial charge in [0.2, 0.25) is 0 Å². The molecule has 0 unspecified atom stereocenters. The highest BCUT2D eigenvalue weighted by molar-refractivity contribution is 6.30. The molecule has 2 aliphatic heterocycles. The van der Waals surface area contributed by atoms with Crippen molar-refractivity contribution in [1.29, 1.82) is 0 Å². The van der Waals surface area contributed by atoms with Crippen LogP contribution in [0.2, 0.25) is 5.02 Å². The normalized spacial score (nSPS) is 44.2. The molecule has 2 heterocycles. The van der Waals surface area contributed by atoms with Gasteiger partial charge in [-0.3, -0.25) is 4.79 Å². The van der Waals surface area contributed by atoms with Gasteiger partial charge < -0.3 is 4.74 Å². The van der Waals surface area contributed by atoms with Gasteiger partial charge in [0, 0.05) is 16.9 Å². The van der Waals surface area contributed by atoms with Gasteiger partial charge in [0.15, 0.2) is 5.78 Å². The van der Waals surface area contributed by atoms with Gasteiger partial charge in [-0.25, -0.2) is 0 Å². The van der Waals surface area contributed by atoms with Gasteiger partial charge in [-0.05, 0) is 43.0 Å². The summed E-state index contributed by atoms with van der Waals surface area (Å²) in [6.45, 7) is 2.15. The molecule has 124 valence electrons. The summed E-state index contributed by atoms with van der Waals surface area (Å²) in [7, 11) is 0. The van der Waals surface area contributed by atoms with Gasteiger partial charge in [0.05, 0.1) is 11.0 Å². The van der Waals surface area contributed by atoms with Crippen LogP contribution in [-0.2, 0) is 9.53 Å². The zero-order chi connectivity index (χ0) is 16.5. The quantitative estimate of drug-likeness (QED) is 0.732. The summed E-state index contributed by atoms with van der Waals surface area (Å²) in [5, 5.41) is 0.743. The minimum Gasteiger partial charge on any atom is -0.362 e. The van der Waals surface area contributed by atoms with Crippen molar-refractivity contribution in [3.05, 3.63) is 52.6 Å². The molecule has 5 rings (SSSR count). The second-order valence-corrected chi connectivity index (χ2v) is 8.37. The third kappa shape index (κ3) is 1.69. The molecule has 2 bridgehead atoms. The number of benzene rings is 1. The minimum absolute atomic E-state index is 0.194. The fourth-order valence-corrected chi connectivity index (χ4v) is 5.80. The number of halogens is 1. The Morgan fingerprint density at radius 3 is 2.75 bits per heavy atom. The number of hydrogen-bond acceptors (Lipinski definition) is 2. The van der Waals surface area contributed by atoms with Crippen LogP contribution in [0.5, 0.6) is 0 Å². The molecule has 0 aromatic heterocycles. The Bertz CT molecular complexity index is 778. The molecule has 1 spiro atoms. The van der Waals surface area contributed by atoms with E-state index >= 15 is 0 Å². The molecule has 2 aliphatic carbocycles. The number of hydrogen-bond donors (Lipinski definition) is 0. The summed E-state index contributed by atoms with van der Waals surface area (Å²) in [5.41, 5.74) is 1.81. The van der Waals surface area contributed by atoms with E-state index in [0.29, 0.717) is 11.7 Å². The number of fused-ring (bicyclic) bond motifs is 3. The van der Waals surface area contributed by atoms with Gasteiger partial charge in [0.1, 0.15) is 6.10 Å². The van der Waals surface area contributed by atoms with E-state index in [2.05, 4.69) is 25.2 Å². The summed E-state index contributed by atoms with van der Waals surface area (Å²) in [6.07, 6.45) is 10.8. The Balaban J connectivity index is 1.55. The maximum Gasteiger partial charge on any atom is 0.170 e. The van der Waals surface area contributed by atoms with Crippen molar-refractivity contribution in [2.24, 2.45) is 17.3 Å². The monoisotopic (exact) mass is 340 g/mol. The topological polar surface area (TPSA) is 26.3 Å². The van der Waals surface area contributed by atoms with Crippen molar-refractivity contribution < 1.29 is 9.53 Å². The van der Waals surface area contributed by atoms with Crippen LogP contribution in [0.4, 0.5) is 0 Å². The van der Waals surface area contributed by atoms with E-state index in [0.717, 1.165) is 29.8 Å². The van der Waals surface area contributed by atoms with Crippen LogP contribution in [0.15, 0.2) is 42.0 Å². The number of ether oxygens (including phenoxy) is 1. The Morgan fingerprint density at radius 1 is 1.21 bits per heavy atom. The van der Waals surface area contributed by atoms with Crippen molar-refractivity contribution in [2.75, 3.05) is 0 Å². The largest absolute Gasteiger partial charge is 0.362 e. The minimum atomic E-state index is -0.281. The summed E-state index contributed by atoms with van der Waals surface area (Å²) < 4.78 is 6.47. The number of carbonyl (C=O) groups excluding carboxylic acids is 1. The van der Waals surface area contributed by atoms with Crippen molar-refractivity contribution in [3.8, 4) is 0 Å². The van der Waals surface area contributed by atoms with E-state index in [4.69, 9.17) is 16.3 Å². The maximum absolute atomic E-state index is 13.1. The highest BCUT2D eigenvalue weighted by Gasteiger charge is 2.74. The predicted molar refractivity (Wildman–Crippen MR) is 94.7 cm³/mol. The van der Waals surface area contributed by atoms with E-state index in [1.54, 1.807) is 0 Å². The standard InChI is InChI=1S/C21H21ClO2/c1-20-10-2-3-11-21(20)16-9-6-14(17(16)18(24-21)19(20)23)12-13-4-7-15(22)8-5-13/h4-9,12,16-18H,2-3,10-11H2,1H3/b14-12+/t16-,17+,18+,20+,21-/m0/s1. The van der Waals surface area contributed by atoms with Crippen LogP contribution in [0.1, 0.15) is 38.2 Å². The van der Waals surface area contributed by atoms with Crippen LogP contribution in [0.25, 0.3) is 6.08 Å². The van der Waals surface area contributed by atoms with Gasteiger partial charge in [-0.15, -0.1) is 0 Å². The van der Waals surface area contributed by atoms with Crippen molar-refractivity contribution in [3.63, 3.8) is 0 Å². The number of ketones is 1. The fraction of sp³-hybridized carbons (Fsp3) is 0.476. The molecule has 0 N–H and O–H groups in total. The third-order valence-electron chi connectivity index (χ3n) is 6.88. The summed E-state index contributed by atoms with van der Waals surface area (Å²) in [6, 6.07) is 7.86. The molecule has 3 fully saturated rings. The van der Waals surface area contributed by atoms with Crippen LogP contribution >= 0.6 is 11.6 Å². The summed E-state index contributed by atoms with van der Waals surface area (Å²) >= 11 is 5.98. The van der Waals surface area contributed by atoms with Crippen molar-refractivity contribution in [1.82, 2.24) is 0 Å². The second-order valence-electron chi connectivity index (χ2n) is 7.94. The van der Waals surface area contributed by atoms with Gasteiger partial charge in [0.25, 0.3) is 0 Å². The molecular formula is C21H21ClO2. The Kier molecular flexibility index (Phi) is 3.00. The van der Waals surface area contributed by atoms with E-state index in [-0.39, 0.29) is 23.0 Å². The first-order chi connectivity index (χ1) is 11.6. The van der Waals surface area contributed by atoms with E-state index in [1.807, 2.05) is 24.3 Å². The first-order valence-electron chi connectivity index (χ1n) is 8.93. The molecule has 0 amide bonds. The molecule has 1 aromatic carbocycles. The van der Waals surface area contributed by atoms with Crippen molar-refractivity contribution >= 4 is 23.5 Å². The first-order valence-corrected chi connectivity index (χ1v) is 9.30. The molecule has 24 heavy (non-hydrogen) atoms. The Morgan fingerprint density at radius 2 is 1.96 bits per heavy atom. The lowest BCUT2D eigenvalue weighted by atomic mass is 9.53. The van der Waals surface area contributed by atoms with E-state index in [1.165, 1.54) is 12.0 Å². The Labute approximate surface area is 147 Å². The Hall–Kier alpha value is -1.38. The molecule has 4 aliphatic rings. The molecular weight excluding hydrogens is 320 g/mol. The first kappa shape index (κ1) is 14.9. The maximum atomic E-state index is 13.1. The number of allylic oxidation sites excluding steroid dienone is 1. The lowest BCUT2D eigenvalue weighted by Crippen LogP contribution is -2.56. The molecule has 5 atom stereocenters. The lowest BCUT2D eigenvalue weighted by molar-refractivity contribution is -0.135. The highest BCUT2D eigenvalue weighted by Crippen LogP contribution is 2.67. The molecule has 1 aromatic rings.